The molecule has 0 saturated heterocycles. The van der Waals surface area contributed by atoms with Gasteiger partial charge in [0.25, 0.3) is 0 Å². The van der Waals surface area contributed by atoms with Crippen LogP contribution in [0.4, 0.5) is 5.69 Å². The molecule has 0 aliphatic heterocycles. The predicted molar refractivity (Wildman–Crippen MR) is 62.7 cm³/mol. The van der Waals surface area contributed by atoms with Crippen molar-refractivity contribution in [2.45, 2.75) is 13.3 Å². The van der Waals surface area contributed by atoms with Crippen LogP contribution in [0.5, 0.6) is 5.75 Å². The molecule has 1 aromatic carbocycles. The maximum Gasteiger partial charge on any atom is 0.310 e. The van der Waals surface area contributed by atoms with Crippen molar-refractivity contribution in [2.24, 2.45) is 5.73 Å². The molecule has 0 atom stereocenters. The number of hydrogen-bond acceptors (Lipinski definition) is 3. The van der Waals surface area contributed by atoms with Crippen LogP contribution < -0.4 is 15.4 Å². The molecule has 0 bridgehead atoms. The zero-order chi connectivity index (χ0) is 12.1. The largest absolute Gasteiger partial charge is 0.427 e. The van der Waals surface area contributed by atoms with E-state index >= 15 is 0 Å². The molecule has 0 amide bonds. The van der Waals surface area contributed by atoms with Crippen LogP contribution in [0.15, 0.2) is 24.3 Å². The number of rotatable bonds is 3. The van der Waals surface area contributed by atoms with Gasteiger partial charge in [-0.25, -0.2) is 0 Å². The van der Waals surface area contributed by atoms with Gasteiger partial charge in [0.2, 0.25) is 0 Å². The van der Waals surface area contributed by atoms with E-state index in [2.05, 4.69) is 0 Å². The average molecular weight is 221 g/mol. The molecule has 1 aromatic rings. The van der Waals surface area contributed by atoms with Gasteiger partial charge >= 0.3 is 5.97 Å². The minimum Gasteiger partial charge on any atom is -0.427 e. The van der Waals surface area contributed by atoms with Gasteiger partial charge in [-0.1, -0.05) is 6.92 Å². The zero-order valence-electron chi connectivity index (χ0n) is 9.36. The summed E-state index contributed by atoms with van der Waals surface area (Å²) in [6, 6.07) is 6.81. The SMILES string of the molecule is CCC(=O)Oc1ccc(N(C)C(=N)N)cc1. The van der Waals surface area contributed by atoms with Crippen LogP contribution in [0.1, 0.15) is 13.3 Å². The summed E-state index contributed by atoms with van der Waals surface area (Å²) in [5, 5.41) is 7.25. The lowest BCUT2D eigenvalue weighted by Gasteiger charge is -2.16. The normalized spacial score (nSPS) is 9.62. The van der Waals surface area contributed by atoms with Crippen LogP contribution in [-0.2, 0) is 4.79 Å². The Hall–Kier alpha value is -2.04. The van der Waals surface area contributed by atoms with E-state index in [9.17, 15) is 4.79 Å². The number of hydrogen-bond donors (Lipinski definition) is 2. The number of esters is 1. The lowest BCUT2D eigenvalue weighted by Crippen LogP contribution is -2.32. The first kappa shape index (κ1) is 12.0. The van der Waals surface area contributed by atoms with Gasteiger partial charge in [0, 0.05) is 19.2 Å². The summed E-state index contributed by atoms with van der Waals surface area (Å²) in [6.45, 7) is 1.74. The summed E-state index contributed by atoms with van der Waals surface area (Å²) >= 11 is 0. The van der Waals surface area contributed by atoms with E-state index in [1.807, 2.05) is 0 Å². The van der Waals surface area contributed by atoms with Crippen molar-refractivity contribution in [1.29, 1.82) is 5.41 Å². The fourth-order valence-corrected chi connectivity index (χ4v) is 1.08. The van der Waals surface area contributed by atoms with Gasteiger partial charge in [0.1, 0.15) is 5.75 Å². The lowest BCUT2D eigenvalue weighted by molar-refractivity contribution is -0.134. The highest BCUT2D eigenvalue weighted by atomic mass is 16.5. The summed E-state index contributed by atoms with van der Waals surface area (Å²) in [6.07, 6.45) is 0.342. The van der Waals surface area contributed by atoms with Crippen LogP contribution in [0, 0.1) is 5.41 Å². The Morgan fingerprint density at radius 3 is 2.44 bits per heavy atom. The molecule has 86 valence electrons. The third-order valence-corrected chi connectivity index (χ3v) is 2.11. The molecule has 1 rings (SSSR count). The third kappa shape index (κ3) is 2.98. The molecular formula is C11H15N3O2. The van der Waals surface area contributed by atoms with Crippen LogP contribution >= 0.6 is 0 Å². The highest BCUT2D eigenvalue weighted by molar-refractivity contribution is 5.91. The number of carbonyl (C=O) groups excluding carboxylic acids is 1. The molecule has 0 spiro atoms. The van der Waals surface area contributed by atoms with E-state index in [-0.39, 0.29) is 11.9 Å². The van der Waals surface area contributed by atoms with E-state index in [0.717, 1.165) is 5.69 Å². The van der Waals surface area contributed by atoms with Gasteiger partial charge in [-0.05, 0) is 24.3 Å². The molecule has 0 saturated carbocycles. The Morgan fingerprint density at radius 1 is 1.44 bits per heavy atom. The van der Waals surface area contributed by atoms with Crippen LogP contribution in [0.2, 0.25) is 0 Å². The molecule has 0 radical (unpaired) electrons. The third-order valence-electron chi connectivity index (χ3n) is 2.11. The molecule has 0 aliphatic carbocycles. The second kappa shape index (κ2) is 5.16. The minimum absolute atomic E-state index is 0.0432. The van der Waals surface area contributed by atoms with E-state index in [0.29, 0.717) is 12.2 Å². The lowest BCUT2D eigenvalue weighted by atomic mass is 10.3. The Morgan fingerprint density at radius 2 is 2.00 bits per heavy atom. The topological polar surface area (TPSA) is 79.4 Å². The molecule has 0 heterocycles. The number of guanidine groups is 1. The number of nitrogens with one attached hydrogen (secondary N) is 1. The van der Waals surface area contributed by atoms with Gasteiger partial charge in [-0.2, -0.15) is 0 Å². The fraction of sp³-hybridized carbons (Fsp3) is 0.273. The number of benzene rings is 1. The molecule has 0 aliphatic rings. The summed E-state index contributed by atoms with van der Waals surface area (Å²) in [5.41, 5.74) is 6.10. The Labute approximate surface area is 94.3 Å². The number of ether oxygens (including phenoxy) is 1. The standard InChI is InChI=1S/C11H15N3O2/c1-3-10(15)16-9-6-4-8(5-7-9)14(2)11(12)13/h4-7H,3H2,1-2H3,(H3,12,13). The number of anilines is 1. The van der Waals surface area contributed by atoms with Gasteiger partial charge in [-0.15, -0.1) is 0 Å². The van der Waals surface area contributed by atoms with E-state index in [4.69, 9.17) is 15.9 Å². The van der Waals surface area contributed by atoms with Crippen LogP contribution in [0.25, 0.3) is 0 Å². The summed E-state index contributed by atoms with van der Waals surface area (Å²) in [5.74, 6) is 0.179. The van der Waals surface area contributed by atoms with Crippen LogP contribution in [0.3, 0.4) is 0 Å². The zero-order valence-corrected chi connectivity index (χ0v) is 9.36. The van der Waals surface area contributed by atoms with Crippen molar-refractivity contribution in [3.8, 4) is 5.75 Å². The Kier molecular flexibility index (Phi) is 3.88. The summed E-state index contributed by atoms with van der Waals surface area (Å²) < 4.78 is 5.02. The maximum atomic E-state index is 11.0. The molecule has 5 heteroatoms. The van der Waals surface area contributed by atoms with Crippen molar-refractivity contribution in [2.75, 3.05) is 11.9 Å². The smallest absolute Gasteiger partial charge is 0.310 e. The molecule has 16 heavy (non-hydrogen) atoms. The average Bonchev–Trinajstić information content (AvgIpc) is 2.28. The van der Waals surface area contributed by atoms with E-state index in [1.165, 1.54) is 4.90 Å². The highest BCUT2D eigenvalue weighted by Crippen LogP contribution is 2.18. The van der Waals surface area contributed by atoms with Gasteiger partial charge in [-0.3, -0.25) is 10.2 Å². The molecule has 5 nitrogen and oxygen atoms in total. The van der Waals surface area contributed by atoms with E-state index in [1.54, 1.807) is 38.2 Å². The fourth-order valence-electron chi connectivity index (χ4n) is 1.08. The number of nitrogens with two attached hydrogens (primary N) is 1. The van der Waals surface area contributed by atoms with E-state index < -0.39 is 0 Å². The molecular weight excluding hydrogens is 206 g/mol. The summed E-state index contributed by atoms with van der Waals surface area (Å²) in [4.78, 5) is 12.5. The first-order valence-electron chi connectivity index (χ1n) is 4.93. The van der Waals surface area contributed by atoms with Crippen molar-refractivity contribution >= 4 is 17.6 Å². The van der Waals surface area contributed by atoms with Crippen molar-refractivity contribution in [1.82, 2.24) is 0 Å². The maximum absolute atomic E-state index is 11.0. The van der Waals surface area contributed by atoms with Crippen molar-refractivity contribution in [3.05, 3.63) is 24.3 Å². The highest BCUT2D eigenvalue weighted by Gasteiger charge is 2.05. The summed E-state index contributed by atoms with van der Waals surface area (Å²) in [7, 11) is 1.69. The first-order chi connectivity index (χ1) is 7.54. The Balaban J connectivity index is 2.75. The van der Waals surface area contributed by atoms with Crippen LogP contribution in [-0.4, -0.2) is 19.0 Å². The van der Waals surface area contributed by atoms with Gasteiger partial charge in [0.05, 0.1) is 0 Å². The minimum atomic E-state index is -0.271. The second-order valence-corrected chi connectivity index (χ2v) is 3.27. The number of nitrogens with zero attached hydrogens (tertiary/aromatic N) is 1. The first-order valence-corrected chi connectivity index (χ1v) is 4.93. The molecule has 3 N–H and O–H groups in total. The van der Waals surface area contributed by atoms with Crippen molar-refractivity contribution < 1.29 is 9.53 Å². The monoisotopic (exact) mass is 221 g/mol. The predicted octanol–water partition coefficient (Wildman–Crippen LogP) is 1.33. The second-order valence-electron chi connectivity index (χ2n) is 3.27. The molecule has 0 unspecified atom stereocenters. The van der Waals surface area contributed by atoms with Gasteiger partial charge in [0.15, 0.2) is 5.96 Å². The van der Waals surface area contributed by atoms with Gasteiger partial charge < -0.3 is 15.4 Å². The van der Waals surface area contributed by atoms with Crippen molar-refractivity contribution in [3.63, 3.8) is 0 Å². The Bertz CT molecular complexity index is 387. The molecule has 0 aromatic heterocycles. The molecule has 0 fully saturated rings. The number of carbonyl (C=O) groups is 1. The quantitative estimate of drug-likeness (QED) is 0.349.